The number of hydrogen-bond acceptors (Lipinski definition) is 4. The van der Waals surface area contributed by atoms with Crippen LogP contribution in [0.25, 0.3) is 0 Å². The van der Waals surface area contributed by atoms with Gasteiger partial charge in [0, 0.05) is 12.6 Å². The van der Waals surface area contributed by atoms with Gasteiger partial charge in [-0.1, -0.05) is 0 Å². The summed E-state index contributed by atoms with van der Waals surface area (Å²) in [4.78, 5) is 15.6. The largest absolute Gasteiger partial charge is 0.495 e. The van der Waals surface area contributed by atoms with Gasteiger partial charge in [0.25, 0.3) is 0 Å². The molecule has 0 radical (unpaired) electrons. The first-order chi connectivity index (χ1) is 9.14. The Balaban J connectivity index is 2.34. The summed E-state index contributed by atoms with van der Waals surface area (Å²) in [6.07, 6.45) is 2.06. The van der Waals surface area contributed by atoms with Crippen molar-refractivity contribution < 1.29 is 14.1 Å². The Morgan fingerprint density at radius 1 is 1.25 bits per heavy atom. The highest BCUT2D eigenvalue weighted by Gasteiger charge is 2.52. The van der Waals surface area contributed by atoms with Gasteiger partial charge < -0.3 is 9.31 Å². The second-order valence-corrected chi connectivity index (χ2v) is 6.44. The topological polar surface area (TPSA) is 48.4 Å². The van der Waals surface area contributed by atoms with Crippen molar-refractivity contribution in [1.29, 1.82) is 0 Å². The maximum absolute atomic E-state index is 11.3. The molecule has 1 aromatic heterocycles. The summed E-state index contributed by atoms with van der Waals surface area (Å²) in [6.45, 7) is 11.6. The number of carbonyl (C=O) groups is 1. The van der Waals surface area contributed by atoms with Gasteiger partial charge in [0.2, 0.25) is 0 Å². The molecule has 5 heteroatoms. The molecule has 0 spiro atoms. The van der Waals surface area contributed by atoms with E-state index in [9.17, 15) is 4.79 Å². The van der Waals surface area contributed by atoms with Crippen LogP contribution in [0, 0.1) is 6.92 Å². The number of rotatable bonds is 3. The van der Waals surface area contributed by atoms with Crippen LogP contribution in [0.15, 0.2) is 12.3 Å². The quantitative estimate of drug-likeness (QED) is 0.789. The molecule has 2 heterocycles. The summed E-state index contributed by atoms with van der Waals surface area (Å²) in [5.74, 6) is 0.103. The molecule has 0 unspecified atom stereocenters. The van der Waals surface area contributed by atoms with E-state index in [1.54, 1.807) is 13.1 Å². The van der Waals surface area contributed by atoms with Gasteiger partial charge in [0.1, 0.15) is 5.78 Å². The van der Waals surface area contributed by atoms with E-state index in [-0.39, 0.29) is 17.0 Å². The minimum Gasteiger partial charge on any atom is -0.399 e. The fraction of sp³-hybridized carbons (Fsp3) is 0.600. The van der Waals surface area contributed by atoms with Gasteiger partial charge in [-0.25, -0.2) is 0 Å². The minimum atomic E-state index is -0.409. The molecule has 0 aliphatic carbocycles. The third-order valence-corrected chi connectivity index (χ3v) is 4.27. The molecule has 1 aliphatic rings. The summed E-state index contributed by atoms with van der Waals surface area (Å²) in [7, 11) is -0.409. The monoisotopic (exact) mass is 275 g/mol. The molecule has 0 saturated carbocycles. The molecular formula is C15H22BNO3. The average Bonchev–Trinajstić information content (AvgIpc) is 2.50. The molecule has 4 nitrogen and oxygen atoms in total. The van der Waals surface area contributed by atoms with Crippen LogP contribution in [0.5, 0.6) is 0 Å². The fourth-order valence-corrected chi connectivity index (χ4v) is 2.24. The van der Waals surface area contributed by atoms with E-state index < -0.39 is 7.12 Å². The lowest BCUT2D eigenvalue weighted by molar-refractivity contribution is -0.116. The van der Waals surface area contributed by atoms with Gasteiger partial charge in [-0.3, -0.25) is 9.78 Å². The van der Waals surface area contributed by atoms with Gasteiger partial charge in [-0.15, -0.1) is 0 Å². The van der Waals surface area contributed by atoms with Crippen molar-refractivity contribution in [3.8, 4) is 0 Å². The Labute approximate surface area is 121 Å². The van der Waals surface area contributed by atoms with Crippen molar-refractivity contribution in [3.63, 3.8) is 0 Å². The number of hydrogen-bond donors (Lipinski definition) is 0. The van der Waals surface area contributed by atoms with Crippen LogP contribution in [-0.4, -0.2) is 29.1 Å². The van der Waals surface area contributed by atoms with Crippen molar-refractivity contribution >= 4 is 18.4 Å². The lowest BCUT2D eigenvalue weighted by Crippen LogP contribution is -2.41. The number of Topliss-reactive ketones (excluding diaryl/α,β-unsaturated/α-hetero) is 1. The zero-order valence-corrected chi connectivity index (χ0v) is 13.1. The molecule has 1 aliphatic heterocycles. The van der Waals surface area contributed by atoms with E-state index in [0.29, 0.717) is 6.42 Å². The van der Waals surface area contributed by atoms with E-state index in [0.717, 1.165) is 16.7 Å². The summed E-state index contributed by atoms with van der Waals surface area (Å²) in [6, 6.07) is 1.90. The first-order valence-corrected chi connectivity index (χ1v) is 6.93. The first-order valence-electron chi connectivity index (χ1n) is 6.93. The Bertz CT molecular complexity index is 524. The van der Waals surface area contributed by atoms with Crippen molar-refractivity contribution in [2.75, 3.05) is 0 Å². The van der Waals surface area contributed by atoms with E-state index in [4.69, 9.17) is 9.31 Å². The highest BCUT2D eigenvalue weighted by Crippen LogP contribution is 2.36. The molecule has 1 aromatic rings. The van der Waals surface area contributed by atoms with Crippen LogP contribution in [0.3, 0.4) is 0 Å². The van der Waals surface area contributed by atoms with E-state index in [2.05, 4.69) is 4.98 Å². The van der Waals surface area contributed by atoms with Crippen LogP contribution in [0.2, 0.25) is 0 Å². The first kappa shape index (κ1) is 15.2. The molecular weight excluding hydrogens is 253 g/mol. The van der Waals surface area contributed by atoms with E-state index >= 15 is 0 Å². The van der Waals surface area contributed by atoms with Gasteiger partial charge in [0.05, 0.1) is 16.9 Å². The highest BCUT2D eigenvalue weighted by molar-refractivity contribution is 6.62. The van der Waals surface area contributed by atoms with E-state index in [1.807, 2.05) is 40.7 Å². The number of nitrogens with zero attached hydrogens (tertiary/aromatic N) is 1. The molecule has 20 heavy (non-hydrogen) atoms. The van der Waals surface area contributed by atoms with Crippen LogP contribution in [0.1, 0.15) is 45.9 Å². The van der Waals surface area contributed by atoms with Gasteiger partial charge in [-0.2, -0.15) is 0 Å². The second kappa shape index (κ2) is 4.97. The number of carbonyl (C=O) groups excluding carboxylic acids is 1. The van der Waals surface area contributed by atoms with Crippen molar-refractivity contribution in [3.05, 3.63) is 23.5 Å². The zero-order valence-electron chi connectivity index (χ0n) is 13.1. The number of aromatic nitrogens is 1. The van der Waals surface area contributed by atoms with Crippen LogP contribution < -0.4 is 5.46 Å². The minimum absolute atomic E-state index is 0.103. The van der Waals surface area contributed by atoms with Crippen LogP contribution >= 0.6 is 0 Å². The molecule has 0 bridgehead atoms. The highest BCUT2D eigenvalue weighted by atomic mass is 16.7. The zero-order chi connectivity index (χ0) is 15.1. The summed E-state index contributed by atoms with van der Waals surface area (Å²) >= 11 is 0. The Morgan fingerprint density at radius 2 is 1.80 bits per heavy atom. The SMILES string of the molecule is CC(=O)Cc1nccc(B2OC(C)(C)C(C)(C)O2)c1C. The molecule has 108 valence electrons. The average molecular weight is 275 g/mol. The molecule has 1 fully saturated rings. The maximum atomic E-state index is 11.3. The van der Waals surface area contributed by atoms with Crippen molar-refractivity contribution in [2.45, 2.75) is 59.2 Å². The third-order valence-electron chi connectivity index (χ3n) is 4.27. The molecule has 1 saturated heterocycles. The Morgan fingerprint density at radius 3 is 2.30 bits per heavy atom. The van der Waals surface area contributed by atoms with Gasteiger partial charge in [-0.05, 0) is 58.6 Å². The second-order valence-electron chi connectivity index (χ2n) is 6.44. The van der Waals surface area contributed by atoms with Gasteiger partial charge in [0.15, 0.2) is 0 Å². The Kier molecular flexibility index (Phi) is 3.78. The lowest BCUT2D eigenvalue weighted by Gasteiger charge is -2.32. The lowest BCUT2D eigenvalue weighted by atomic mass is 9.76. The molecule has 0 N–H and O–H groups in total. The normalized spacial score (nSPS) is 20.2. The molecule has 0 atom stereocenters. The summed E-state index contributed by atoms with van der Waals surface area (Å²) < 4.78 is 12.1. The summed E-state index contributed by atoms with van der Waals surface area (Å²) in [5.41, 5.74) is 1.99. The van der Waals surface area contributed by atoms with Gasteiger partial charge >= 0.3 is 7.12 Å². The van der Waals surface area contributed by atoms with E-state index in [1.165, 1.54) is 0 Å². The molecule has 2 rings (SSSR count). The predicted octanol–water partition coefficient (Wildman–Crippen LogP) is 1.82. The standard InChI is InChI=1S/C15H22BNO3/c1-10(18)9-13-11(2)12(7-8-17-13)16-19-14(3,4)15(5,6)20-16/h7-8H,9H2,1-6H3. The fourth-order valence-electron chi connectivity index (χ4n) is 2.24. The number of pyridine rings is 1. The molecule has 0 aromatic carbocycles. The predicted molar refractivity (Wildman–Crippen MR) is 79.1 cm³/mol. The van der Waals surface area contributed by atoms with Crippen molar-refractivity contribution in [1.82, 2.24) is 4.98 Å². The summed E-state index contributed by atoms with van der Waals surface area (Å²) in [5, 5.41) is 0. The van der Waals surface area contributed by atoms with Crippen molar-refractivity contribution in [2.24, 2.45) is 0 Å². The maximum Gasteiger partial charge on any atom is 0.495 e. The number of ketones is 1. The van der Waals surface area contributed by atoms with Crippen LogP contribution in [0.4, 0.5) is 0 Å². The molecule has 0 amide bonds. The third kappa shape index (κ3) is 2.65. The smallest absolute Gasteiger partial charge is 0.399 e. The Hall–Kier alpha value is -1.20. The van der Waals surface area contributed by atoms with Crippen LogP contribution in [-0.2, 0) is 20.5 Å².